The third-order valence-corrected chi connectivity index (χ3v) is 3.69. The fourth-order valence-electron chi connectivity index (χ4n) is 2.36. The Morgan fingerprint density at radius 3 is 2.73 bits per heavy atom. The van der Waals surface area contributed by atoms with Crippen molar-refractivity contribution in [3.05, 3.63) is 34.3 Å². The fourth-order valence-corrected chi connectivity index (χ4v) is 2.77. The summed E-state index contributed by atoms with van der Waals surface area (Å²) in [5, 5.41) is 3.39. The second-order valence-corrected chi connectivity index (χ2v) is 5.23. The molecule has 0 radical (unpaired) electrons. The van der Waals surface area contributed by atoms with Crippen LogP contribution >= 0.6 is 15.9 Å². The number of halogens is 1. The summed E-state index contributed by atoms with van der Waals surface area (Å²) in [5.41, 5.74) is 7.18. The minimum atomic E-state index is 0.415. The van der Waals surface area contributed by atoms with Crippen LogP contribution in [0, 0.1) is 5.92 Å². The van der Waals surface area contributed by atoms with Crippen LogP contribution in [0.1, 0.15) is 24.4 Å². The lowest BCUT2D eigenvalue weighted by molar-refractivity contribution is 0.204. The van der Waals surface area contributed by atoms with Crippen molar-refractivity contribution < 1.29 is 0 Å². The van der Waals surface area contributed by atoms with Gasteiger partial charge in [-0.3, -0.25) is 0 Å². The van der Waals surface area contributed by atoms with Crippen LogP contribution in [-0.2, 0) is 0 Å². The van der Waals surface area contributed by atoms with Crippen molar-refractivity contribution >= 4 is 15.9 Å². The van der Waals surface area contributed by atoms with Crippen LogP contribution in [0.3, 0.4) is 0 Å². The molecular weight excluding hydrogens is 252 g/mol. The number of hydrogen-bond acceptors (Lipinski definition) is 2. The van der Waals surface area contributed by atoms with Gasteiger partial charge in [-0.1, -0.05) is 28.1 Å². The van der Waals surface area contributed by atoms with Gasteiger partial charge >= 0.3 is 0 Å². The van der Waals surface area contributed by atoms with Gasteiger partial charge in [-0.2, -0.15) is 0 Å². The Balaban J connectivity index is 2.12. The van der Waals surface area contributed by atoms with E-state index in [2.05, 4.69) is 45.5 Å². The Labute approximate surface area is 99.4 Å². The van der Waals surface area contributed by atoms with Crippen molar-refractivity contribution in [3.8, 4) is 0 Å². The standard InChI is InChI=1S/C12H17BrN2/c1-15-12(9-6-11(14)7-9)8-3-2-4-10(13)5-8/h2-5,9,11-12,15H,6-7,14H2,1H3. The summed E-state index contributed by atoms with van der Waals surface area (Å²) in [4.78, 5) is 0. The lowest BCUT2D eigenvalue weighted by Gasteiger charge is -2.38. The van der Waals surface area contributed by atoms with Gasteiger partial charge in [0.2, 0.25) is 0 Å². The maximum Gasteiger partial charge on any atom is 0.0347 e. The van der Waals surface area contributed by atoms with Crippen molar-refractivity contribution in [1.29, 1.82) is 0 Å². The molecule has 1 saturated carbocycles. The third kappa shape index (κ3) is 2.41. The largest absolute Gasteiger partial charge is 0.328 e. The van der Waals surface area contributed by atoms with E-state index >= 15 is 0 Å². The molecular formula is C12H17BrN2. The molecule has 2 nitrogen and oxygen atoms in total. The predicted molar refractivity (Wildman–Crippen MR) is 66.6 cm³/mol. The van der Waals surface area contributed by atoms with Gasteiger partial charge in [-0.25, -0.2) is 0 Å². The van der Waals surface area contributed by atoms with E-state index < -0.39 is 0 Å². The van der Waals surface area contributed by atoms with Crippen molar-refractivity contribution in [3.63, 3.8) is 0 Å². The lowest BCUT2D eigenvalue weighted by atomic mass is 9.74. The molecule has 1 aliphatic rings. The molecule has 1 aromatic rings. The fraction of sp³-hybridized carbons (Fsp3) is 0.500. The summed E-state index contributed by atoms with van der Waals surface area (Å²) in [5.74, 6) is 0.694. The van der Waals surface area contributed by atoms with Crippen LogP contribution in [0.5, 0.6) is 0 Å². The molecule has 82 valence electrons. The summed E-state index contributed by atoms with van der Waals surface area (Å²) in [6.07, 6.45) is 2.27. The van der Waals surface area contributed by atoms with Gasteiger partial charge in [0.15, 0.2) is 0 Å². The van der Waals surface area contributed by atoms with E-state index in [1.165, 1.54) is 5.56 Å². The molecule has 0 aromatic heterocycles. The first-order chi connectivity index (χ1) is 7.20. The van der Waals surface area contributed by atoms with Gasteiger partial charge in [0.25, 0.3) is 0 Å². The zero-order valence-electron chi connectivity index (χ0n) is 8.91. The summed E-state index contributed by atoms with van der Waals surface area (Å²) in [6, 6.07) is 9.37. The number of nitrogens with one attached hydrogen (secondary N) is 1. The van der Waals surface area contributed by atoms with E-state index in [1.54, 1.807) is 0 Å². The van der Waals surface area contributed by atoms with E-state index in [-0.39, 0.29) is 0 Å². The Morgan fingerprint density at radius 2 is 2.20 bits per heavy atom. The van der Waals surface area contributed by atoms with Crippen molar-refractivity contribution in [2.45, 2.75) is 24.9 Å². The zero-order valence-corrected chi connectivity index (χ0v) is 10.5. The van der Waals surface area contributed by atoms with Gasteiger partial charge in [0.1, 0.15) is 0 Å². The Morgan fingerprint density at radius 1 is 1.47 bits per heavy atom. The van der Waals surface area contributed by atoms with Crippen molar-refractivity contribution in [2.24, 2.45) is 11.7 Å². The monoisotopic (exact) mass is 268 g/mol. The Kier molecular flexibility index (Phi) is 3.44. The van der Waals surface area contributed by atoms with E-state index in [9.17, 15) is 0 Å². The predicted octanol–water partition coefficient (Wildman–Crippen LogP) is 2.45. The maximum absolute atomic E-state index is 5.83. The van der Waals surface area contributed by atoms with Gasteiger partial charge in [-0.05, 0) is 43.5 Å². The first-order valence-corrected chi connectivity index (χ1v) is 6.18. The molecule has 0 amide bonds. The van der Waals surface area contributed by atoms with Crippen LogP contribution < -0.4 is 11.1 Å². The molecule has 1 atom stereocenters. The van der Waals surface area contributed by atoms with Gasteiger partial charge in [0.05, 0.1) is 0 Å². The molecule has 15 heavy (non-hydrogen) atoms. The normalized spacial score (nSPS) is 27.1. The highest BCUT2D eigenvalue weighted by Crippen LogP contribution is 2.37. The second-order valence-electron chi connectivity index (χ2n) is 4.31. The summed E-state index contributed by atoms with van der Waals surface area (Å²) in [6.45, 7) is 0. The molecule has 0 aliphatic heterocycles. The molecule has 1 unspecified atom stereocenters. The van der Waals surface area contributed by atoms with Crippen LogP contribution in [0.4, 0.5) is 0 Å². The van der Waals surface area contributed by atoms with E-state index in [4.69, 9.17) is 5.73 Å². The van der Waals surface area contributed by atoms with Gasteiger partial charge in [0, 0.05) is 16.6 Å². The Bertz CT molecular complexity index is 334. The minimum Gasteiger partial charge on any atom is -0.328 e. The third-order valence-electron chi connectivity index (χ3n) is 3.20. The highest BCUT2D eigenvalue weighted by atomic mass is 79.9. The summed E-state index contributed by atoms with van der Waals surface area (Å²) in [7, 11) is 2.02. The average Bonchev–Trinajstić information content (AvgIpc) is 2.16. The molecule has 0 saturated heterocycles. The molecule has 3 heteroatoms. The number of nitrogens with two attached hydrogens (primary N) is 1. The lowest BCUT2D eigenvalue weighted by Crippen LogP contribution is -2.42. The second kappa shape index (κ2) is 4.64. The van der Waals surface area contributed by atoms with Crippen molar-refractivity contribution in [1.82, 2.24) is 5.32 Å². The molecule has 1 aromatic carbocycles. The number of hydrogen-bond donors (Lipinski definition) is 2. The van der Waals surface area contributed by atoms with Crippen LogP contribution in [-0.4, -0.2) is 13.1 Å². The first kappa shape index (κ1) is 11.1. The SMILES string of the molecule is CNC(c1cccc(Br)c1)C1CC(N)C1. The van der Waals surface area contributed by atoms with E-state index in [1.807, 2.05) is 7.05 Å². The van der Waals surface area contributed by atoms with Crippen LogP contribution in [0.2, 0.25) is 0 Å². The van der Waals surface area contributed by atoms with Gasteiger partial charge in [-0.15, -0.1) is 0 Å². The maximum atomic E-state index is 5.83. The number of rotatable bonds is 3. The smallest absolute Gasteiger partial charge is 0.0347 e. The van der Waals surface area contributed by atoms with Crippen LogP contribution in [0.25, 0.3) is 0 Å². The first-order valence-electron chi connectivity index (χ1n) is 5.39. The molecule has 0 bridgehead atoms. The molecule has 0 heterocycles. The minimum absolute atomic E-state index is 0.415. The highest BCUT2D eigenvalue weighted by molar-refractivity contribution is 9.10. The Hall–Kier alpha value is -0.380. The van der Waals surface area contributed by atoms with Crippen molar-refractivity contribution in [2.75, 3.05) is 7.05 Å². The molecule has 1 fully saturated rings. The molecule has 0 spiro atoms. The van der Waals surface area contributed by atoms with Gasteiger partial charge < -0.3 is 11.1 Å². The number of benzene rings is 1. The van der Waals surface area contributed by atoms with Crippen LogP contribution in [0.15, 0.2) is 28.7 Å². The summed E-state index contributed by atoms with van der Waals surface area (Å²) >= 11 is 3.51. The zero-order chi connectivity index (χ0) is 10.8. The molecule has 1 aliphatic carbocycles. The molecule has 3 N–H and O–H groups in total. The quantitative estimate of drug-likeness (QED) is 0.884. The topological polar surface area (TPSA) is 38.0 Å². The molecule has 2 rings (SSSR count). The van der Waals surface area contributed by atoms with E-state index in [0.29, 0.717) is 18.0 Å². The van der Waals surface area contributed by atoms with E-state index in [0.717, 1.165) is 17.3 Å². The average molecular weight is 269 g/mol. The highest BCUT2D eigenvalue weighted by Gasteiger charge is 2.32. The summed E-state index contributed by atoms with van der Waals surface area (Å²) < 4.78 is 1.14.